The van der Waals surface area contributed by atoms with Gasteiger partial charge in [-0.2, -0.15) is 0 Å². The van der Waals surface area contributed by atoms with Crippen molar-refractivity contribution in [2.75, 3.05) is 0 Å². The van der Waals surface area contributed by atoms with Crippen molar-refractivity contribution in [2.24, 2.45) is 0 Å². The van der Waals surface area contributed by atoms with Crippen molar-refractivity contribution < 1.29 is 52.7 Å². The molecule has 12 heteroatoms. The number of hydrogen-bond donors (Lipinski definition) is 0. The summed E-state index contributed by atoms with van der Waals surface area (Å²) in [6.07, 6.45) is 0. The maximum absolute atomic E-state index is 12.7. The molecule has 0 aliphatic rings. The molecule has 60 heavy (non-hydrogen) atoms. The molecule has 6 aromatic rings. The van der Waals surface area contributed by atoms with Crippen molar-refractivity contribution in [3.05, 3.63) is 209 Å². The van der Waals surface area contributed by atoms with E-state index in [1.54, 1.807) is 39.8 Å². The third-order valence-corrected chi connectivity index (χ3v) is 8.65. The maximum Gasteiger partial charge on any atom is 0.165 e. The molecule has 0 bridgehead atoms. The molecular formula is C48H48F12. The van der Waals surface area contributed by atoms with Gasteiger partial charge in [-0.05, 0) is 176 Å². The Morgan fingerprint density at radius 3 is 0.650 bits per heavy atom. The van der Waals surface area contributed by atoms with E-state index in [0.29, 0.717) is 33.4 Å². The van der Waals surface area contributed by atoms with E-state index in [9.17, 15) is 52.7 Å². The Hall–Kier alpha value is -5.52. The van der Waals surface area contributed by atoms with Gasteiger partial charge in [0, 0.05) is 22.3 Å². The van der Waals surface area contributed by atoms with Gasteiger partial charge in [-0.3, -0.25) is 0 Å². The van der Waals surface area contributed by atoms with Crippen LogP contribution in [0.4, 0.5) is 52.7 Å². The Labute approximate surface area is 344 Å². The zero-order valence-electron chi connectivity index (χ0n) is 35.5. The molecule has 0 aliphatic heterocycles. The minimum Gasteiger partial charge on any atom is -0.207 e. The van der Waals surface area contributed by atoms with Crippen LogP contribution in [0, 0.1) is 153 Å². The molecule has 0 fully saturated rings. The van der Waals surface area contributed by atoms with Crippen LogP contribution in [0.5, 0.6) is 0 Å². The zero-order valence-corrected chi connectivity index (χ0v) is 35.5. The van der Waals surface area contributed by atoms with E-state index in [0.717, 1.165) is 25.0 Å². The Balaban J connectivity index is 0.000000361. The van der Waals surface area contributed by atoms with Gasteiger partial charge in [-0.15, -0.1) is 0 Å². The molecule has 0 atom stereocenters. The molecule has 0 saturated carbocycles. The van der Waals surface area contributed by atoms with E-state index in [4.69, 9.17) is 0 Å². The second-order valence-corrected chi connectivity index (χ2v) is 14.1. The second-order valence-electron chi connectivity index (χ2n) is 14.1. The summed E-state index contributed by atoms with van der Waals surface area (Å²) in [5.41, 5.74) is 4.20. The Bertz CT molecular complexity index is 2080. The highest BCUT2D eigenvalue weighted by atomic mass is 19.2. The van der Waals surface area contributed by atoms with Crippen molar-refractivity contribution in [1.29, 1.82) is 0 Å². The van der Waals surface area contributed by atoms with Crippen LogP contribution in [0.25, 0.3) is 0 Å². The third-order valence-electron chi connectivity index (χ3n) is 8.65. The van der Waals surface area contributed by atoms with Gasteiger partial charge in [-0.25, -0.2) is 52.7 Å². The highest BCUT2D eigenvalue weighted by Crippen LogP contribution is 2.22. The molecule has 0 aromatic heterocycles. The molecule has 0 saturated heterocycles. The lowest BCUT2D eigenvalue weighted by atomic mass is 10.1. The van der Waals surface area contributed by atoms with Crippen LogP contribution in [-0.4, -0.2) is 0 Å². The van der Waals surface area contributed by atoms with Crippen molar-refractivity contribution in [3.8, 4) is 0 Å². The Morgan fingerprint density at radius 1 is 0.217 bits per heavy atom. The predicted molar refractivity (Wildman–Crippen MR) is 215 cm³/mol. The fraction of sp³-hybridized carbons (Fsp3) is 0.250. The first-order valence-electron chi connectivity index (χ1n) is 18.2. The van der Waals surface area contributed by atoms with Crippen molar-refractivity contribution in [1.82, 2.24) is 0 Å². The molecular weight excluding hydrogens is 805 g/mol. The van der Waals surface area contributed by atoms with Crippen molar-refractivity contribution in [3.63, 3.8) is 0 Å². The lowest BCUT2D eigenvalue weighted by Crippen LogP contribution is -2.02. The molecule has 324 valence electrons. The van der Waals surface area contributed by atoms with E-state index in [1.165, 1.54) is 76.2 Å². The summed E-state index contributed by atoms with van der Waals surface area (Å²) >= 11 is 0. The molecule has 0 heterocycles. The van der Waals surface area contributed by atoms with E-state index >= 15 is 0 Å². The smallest absolute Gasteiger partial charge is 0.165 e. The van der Waals surface area contributed by atoms with E-state index < -0.39 is 57.7 Å². The van der Waals surface area contributed by atoms with Gasteiger partial charge in [-0.1, -0.05) is 24.3 Å². The molecule has 0 N–H and O–H groups in total. The van der Waals surface area contributed by atoms with E-state index in [1.807, 2.05) is 26.0 Å². The molecule has 0 radical (unpaired) electrons. The van der Waals surface area contributed by atoms with Gasteiger partial charge in [0.25, 0.3) is 0 Å². The first-order chi connectivity index (χ1) is 27.7. The Morgan fingerprint density at radius 2 is 0.433 bits per heavy atom. The number of halogens is 12. The Kier molecular flexibility index (Phi) is 20.9. The molecule has 6 rings (SSSR count). The van der Waals surface area contributed by atoms with Crippen LogP contribution >= 0.6 is 0 Å². The van der Waals surface area contributed by atoms with Gasteiger partial charge in [0.2, 0.25) is 0 Å². The second kappa shape index (κ2) is 23.9. The number of rotatable bonds is 0. The van der Waals surface area contributed by atoms with Crippen LogP contribution < -0.4 is 0 Å². The van der Waals surface area contributed by atoms with Gasteiger partial charge in [0.15, 0.2) is 23.3 Å². The van der Waals surface area contributed by atoms with Crippen LogP contribution in [0.15, 0.2) is 72.8 Å². The SMILES string of the molecule is Cc1c(F)c(F)c(C)c(F)c1F.Cc1cc(F)c(C)c(F)c1.Cc1cc(F)c(C)c(F)c1.Cc1cc(F)c(C)cc1F.Cc1ccc(C)c(F)c1.Cc1ccc(C)c(F)c1. The summed E-state index contributed by atoms with van der Waals surface area (Å²) < 4.78 is 151. The summed E-state index contributed by atoms with van der Waals surface area (Å²) in [7, 11) is 0. The first kappa shape index (κ1) is 52.5. The topological polar surface area (TPSA) is 0 Å². The average Bonchev–Trinajstić information content (AvgIpc) is 3.17. The first-order valence-corrected chi connectivity index (χ1v) is 18.2. The van der Waals surface area contributed by atoms with E-state index in [2.05, 4.69) is 0 Å². The normalized spacial score (nSPS) is 10.0. The van der Waals surface area contributed by atoms with Gasteiger partial charge in [0.05, 0.1) is 0 Å². The summed E-state index contributed by atoms with van der Waals surface area (Å²) in [6, 6.07) is 18.1. The summed E-state index contributed by atoms with van der Waals surface area (Å²) in [4.78, 5) is 0. The summed E-state index contributed by atoms with van der Waals surface area (Å²) in [5, 5.41) is 0. The lowest BCUT2D eigenvalue weighted by molar-refractivity contribution is 0.436. The molecule has 0 aliphatic carbocycles. The summed E-state index contributed by atoms with van der Waals surface area (Å²) in [6.45, 7) is 18.5. The quantitative estimate of drug-likeness (QED) is 0.105. The monoisotopic (exact) mass is 852 g/mol. The number of benzene rings is 6. The van der Waals surface area contributed by atoms with Gasteiger partial charge >= 0.3 is 0 Å². The van der Waals surface area contributed by atoms with Crippen LogP contribution in [-0.2, 0) is 0 Å². The molecule has 0 spiro atoms. The van der Waals surface area contributed by atoms with Crippen molar-refractivity contribution in [2.45, 2.75) is 83.1 Å². The maximum atomic E-state index is 12.7. The average molecular weight is 853 g/mol. The minimum atomic E-state index is -1.33. The predicted octanol–water partition coefficient (Wildman–Crippen LogP) is 15.5. The van der Waals surface area contributed by atoms with Crippen LogP contribution in [0.2, 0.25) is 0 Å². The van der Waals surface area contributed by atoms with Crippen LogP contribution in [0.3, 0.4) is 0 Å². The molecule has 0 unspecified atom stereocenters. The third kappa shape index (κ3) is 16.3. The minimum absolute atomic E-state index is 0.0885. The number of hydrogen-bond acceptors (Lipinski definition) is 0. The fourth-order valence-corrected chi connectivity index (χ4v) is 4.54. The van der Waals surface area contributed by atoms with Gasteiger partial charge in [0.1, 0.15) is 46.5 Å². The van der Waals surface area contributed by atoms with Crippen LogP contribution in [0.1, 0.15) is 66.8 Å². The zero-order chi connectivity index (χ0) is 46.3. The van der Waals surface area contributed by atoms with Crippen molar-refractivity contribution >= 4 is 0 Å². The molecule has 6 aromatic carbocycles. The highest BCUT2D eigenvalue weighted by molar-refractivity contribution is 5.29. The molecule has 0 amide bonds. The fourth-order valence-electron chi connectivity index (χ4n) is 4.54. The molecule has 0 nitrogen and oxygen atoms in total. The van der Waals surface area contributed by atoms with Gasteiger partial charge < -0.3 is 0 Å². The summed E-state index contributed by atoms with van der Waals surface area (Å²) in [5.74, 6) is -8.14. The lowest BCUT2D eigenvalue weighted by Gasteiger charge is -2.04. The highest BCUT2D eigenvalue weighted by Gasteiger charge is 2.19. The standard InChI is InChI=1S/C8H6F4.3C8H8F2.2C8H9F/c1-3-5(9)7(11)4(2)8(12)6(3)10;1-5-3-8(10)6(2)4-7(5)9;2*1-5-3-7(9)6(2)8(10)4-5;2*1-6-3-4-7(2)8(9)5-6/h1-2H3;3*3-4H,1-2H3;2*3-5H,1-2H3. The largest absolute Gasteiger partial charge is 0.207 e. The number of aryl methyl sites for hydroxylation is 8. The van der Waals surface area contributed by atoms with E-state index in [-0.39, 0.29) is 34.4 Å².